The zero-order chi connectivity index (χ0) is 10.7. The molecule has 80 valence electrons. The summed E-state index contributed by atoms with van der Waals surface area (Å²) in [6.45, 7) is 2.16. The summed E-state index contributed by atoms with van der Waals surface area (Å²) in [4.78, 5) is 0. The van der Waals surface area contributed by atoms with Crippen LogP contribution in [-0.4, -0.2) is 5.54 Å². The van der Waals surface area contributed by atoms with Crippen LogP contribution >= 0.6 is 0 Å². The van der Waals surface area contributed by atoms with Crippen LogP contribution in [0.15, 0.2) is 35.9 Å². The van der Waals surface area contributed by atoms with Crippen LogP contribution in [0.5, 0.6) is 0 Å². The van der Waals surface area contributed by atoms with E-state index in [0.29, 0.717) is 0 Å². The SMILES string of the molecule is C/C(=C\c1ccccc1)C1(N)CCCC1. The Labute approximate surface area is 92.0 Å². The first-order chi connectivity index (χ1) is 7.21. The highest BCUT2D eigenvalue weighted by Crippen LogP contribution is 2.33. The summed E-state index contributed by atoms with van der Waals surface area (Å²) in [5, 5.41) is 0. The van der Waals surface area contributed by atoms with Crippen molar-refractivity contribution in [2.75, 3.05) is 0 Å². The van der Waals surface area contributed by atoms with Gasteiger partial charge in [-0.15, -0.1) is 0 Å². The quantitative estimate of drug-likeness (QED) is 0.780. The second-order valence-electron chi connectivity index (χ2n) is 4.60. The summed E-state index contributed by atoms with van der Waals surface area (Å²) in [6, 6.07) is 10.4. The van der Waals surface area contributed by atoms with Gasteiger partial charge in [-0.05, 0) is 25.3 Å². The summed E-state index contributed by atoms with van der Waals surface area (Å²) < 4.78 is 0. The van der Waals surface area contributed by atoms with Gasteiger partial charge in [0.2, 0.25) is 0 Å². The maximum atomic E-state index is 6.38. The normalized spacial score (nSPS) is 20.5. The monoisotopic (exact) mass is 201 g/mol. The molecule has 0 radical (unpaired) electrons. The van der Waals surface area contributed by atoms with Crippen molar-refractivity contribution in [2.45, 2.75) is 38.1 Å². The molecule has 1 aromatic carbocycles. The molecule has 0 heterocycles. The smallest absolute Gasteiger partial charge is 0.0369 e. The average molecular weight is 201 g/mol. The summed E-state index contributed by atoms with van der Waals surface area (Å²) in [6.07, 6.45) is 7.06. The van der Waals surface area contributed by atoms with Crippen LogP contribution in [0.4, 0.5) is 0 Å². The number of rotatable bonds is 2. The van der Waals surface area contributed by atoms with Crippen molar-refractivity contribution >= 4 is 6.08 Å². The molecule has 1 aliphatic carbocycles. The molecule has 0 aliphatic heterocycles. The van der Waals surface area contributed by atoms with Gasteiger partial charge < -0.3 is 5.73 Å². The van der Waals surface area contributed by atoms with Gasteiger partial charge in [-0.2, -0.15) is 0 Å². The van der Waals surface area contributed by atoms with Gasteiger partial charge in [0.1, 0.15) is 0 Å². The van der Waals surface area contributed by atoms with Crippen molar-refractivity contribution in [2.24, 2.45) is 5.73 Å². The number of hydrogen-bond acceptors (Lipinski definition) is 1. The summed E-state index contributed by atoms with van der Waals surface area (Å²) in [5.74, 6) is 0. The number of benzene rings is 1. The van der Waals surface area contributed by atoms with Gasteiger partial charge in [0.05, 0.1) is 0 Å². The van der Waals surface area contributed by atoms with E-state index in [4.69, 9.17) is 5.73 Å². The lowest BCUT2D eigenvalue weighted by Gasteiger charge is -2.24. The van der Waals surface area contributed by atoms with Gasteiger partial charge >= 0.3 is 0 Å². The molecule has 0 spiro atoms. The van der Waals surface area contributed by atoms with Crippen molar-refractivity contribution < 1.29 is 0 Å². The first-order valence-electron chi connectivity index (χ1n) is 5.73. The fourth-order valence-corrected chi connectivity index (χ4v) is 2.34. The summed E-state index contributed by atoms with van der Waals surface area (Å²) >= 11 is 0. The van der Waals surface area contributed by atoms with Crippen molar-refractivity contribution in [3.63, 3.8) is 0 Å². The van der Waals surface area contributed by atoms with E-state index in [0.717, 1.165) is 12.8 Å². The Hall–Kier alpha value is -1.08. The van der Waals surface area contributed by atoms with Crippen LogP contribution in [0.2, 0.25) is 0 Å². The minimum atomic E-state index is -0.0319. The van der Waals surface area contributed by atoms with Crippen molar-refractivity contribution in [1.29, 1.82) is 0 Å². The van der Waals surface area contributed by atoms with Crippen molar-refractivity contribution in [3.05, 3.63) is 41.5 Å². The summed E-state index contributed by atoms with van der Waals surface area (Å²) in [7, 11) is 0. The Morgan fingerprint density at radius 3 is 2.40 bits per heavy atom. The van der Waals surface area contributed by atoms with Gasteiger partial charge in [-0.1, -0.05) is 54.8 Å². The van der Waals surface area contributed by atoms with Gasteiger partial charge in [0.25, 0.3) is 0 Å². The largest absolute Gasteiger partial charge is 0.322 e. The van der Waals surface area contributed by atoms with Crippen LogP contribution in [0.1, 0.15) is 38.2 Å². The molecular weight excluding hydrogens is 182 g/mol. The molecule has 0 unspecified atom stereocenters. The zero-order valence-corrected chi connectivity index (χ0v) is 9.37. The maximum absolute atomic E-state index is 6.38. The minimum Gasteiger partial charge on any atom is -0.322 e. The lowest BCUT2D eigenvalue weighted by molar-refractivity contribution is 0.520. The van der Waals surface area contributed by atoms with Crippen molar-refractivity contribution in [1.82, 2.24) is 0 Å². The first-order valence-corrected chi connectivity index (χ1v) is 5.73. The van der Waals surface area contributed by atoms with Crippen LogP contribution in [0.25, 0.3) is 6.08 Å². The fraction of sp³-hybridized carbons (Fsp3) is 0.429. The predicted octanol–water partition coefficient (Wildman–Crippen LogP) is 3.36. The van der Waals surface area contributed by atoms with E-state index in [-0.39, 0.29) is 5.54 Å². The standard InChI is InChI=1S/C14H19N/c1-12(14(15)9-5-6-10-14)11-13-7-3-2-4-8-13/h2-4,7-8,11H,5-6,9-10,15H2,1H3/b12-11+. The molecule has 15 heavy (non-hydrogen) atoms. The average Bonchev–Trinajstić information content (AvgIpc) is 2.68. The molecule has 1 aliphatic rings. The van der Waals surface area contributed by atoms with Gasteiger partial charge in [-0.25, -0.2) is 0 Å². The highest BCUT2D eigenvalue weighted by molar-refractivity contribution is 5.54. The second kappa shape index (κ2) is 4.19. The molecule has 1 heteroatoms. The molecule has 1 saturated carbocycles. The van der Waals surface area contributed by atoms with Crippen LogP contribution in [0, 0.1) is 0 Å². The highest BCUT2D eigenvalue weighted by atomic mass is 14.8. The van der Waals surface area contributed by atoms with E-state index >= 15 is 0 Å². The maximum Gasteiger partial charge on any atom is 0.0369 e. The van der Waals surface area contributed by atoms with Crippen LogP contribution in [0.3, 0.4) is 0 Å². The molecular formula is C14H19N. The number of hydrogen-bond donors (Lipinski definition) is 1. The Kier molecular flexibility index (Phi) is 2.92. The minimum absolute atomic E-state index is 0.0319. The van der Waals surface area contributed by atoms with Gasteiger partial charge in [-0.3, -0.25) is 0 Å². The summed E-state index contributed by atoms with van der Waals surface area (Å²) in [5.41, 5.74) is 8.93. The van der Waals surface area contributed by atoms with E-state index in [1.54, 1.807) is 0 Å². The molecule has 1 nitrogen and oxygen atoms in total. The lowest BCUT2D eigenvalue weighted by atomic mass is 9.89. The van der Waals surface area contributed by atoms with Crippen LogP contribution < -0.4 is 5.73 Å². The fourth-order valence-electron chi connectivity index (χ4n) is 2.34. The Bertz CT molecular complexity index is 345. The zero-order valence-electron chi connectivity index (χ0n) is 9.37. The molecule has 0 amide bonds. The topological polar surface area (TPSA) is 26.0 Å². The third-order valence-corrected chi connectivity index (χ3v) is 3.46. The third-order valence-electron chi connectivity index (χ3n) is 3.46. The molecule has 0 atom stereocenters. The molecule has 2 rings (SSSR count). The van der Waals surface area contributed by atoms with E-state index in [9.17, 15) is 0 Å². The molecule has 2 N–H and O–H groups in total. The third kappa shape index (κ3) is 2.29. The first kappa shape index (κ1) is 10.4. The van der Waals surface area contributed by atoms with E-state index < -0.39 is 0 Å². The predicted molar refractivity (Wildman–Crippen MR) is 65.5 cm³/mol. The lowest BCUT2D eigenvalue weighted by Crippen LogP contribution is -2.37. The molecule has 0 bridgehead atoms. The Morgan fingerprint density at radius 1 is 1.20 bits per heavy atom. The van der Waals surface area contributed by atoms with Gasteiger partial charge in [0.15, 0.2) is 0 Å². The molecule has 0 aromatic heterocycles. The van der Waals surface area contributed by atoms with E-state index in [1.807, 2.05) is 6.07 Å². The molecule has 1 fully saturated rings. The number of nitrogens with two attached hydrogens (primary N) is 1. The Balaban J connectivity index is 2.20. The Morgan fingerprint density at radius 2 is 1.80 bits per heavy atom. The van der Waals surface area contributed by atoms with Crippen molar-refractivity contribution in [3.8, 4) is 0 Å². The second-order valence-corrected chi connectivity index (χ2v) is 4.60. The molecule has 0 saturated heterocycles. The van der Waals surface area contributed by atoms with E-state index in [2.05, 4.69) is 37.3 Å². The van der Waals surface area contributed by atoms with Gasteiger partial charge in [0, 0.05) is 5.54 Å². The van der Waals surface area contributed by atoms with Crippen LogP contribution in [-0.2, 0) is 0 Å². The molecule has 1 aromatic rings. The van der Waals surface area contributed by atoms with E-state index in [1.165, 1.54) is 24.0 Å². The highest BCUT2D eigenvalue weighted by Gasteiger charge is 2.30.